The molecule has 0 unspecified atom stereocenters. The zero-order valence-corrected chi connectivity index (χ0v) is 12.1. The average Bonchev–Trinajstić information content (AvgIpc) is 3.13. The maximum Gasteiger partial charge on any atom is 0.123 e. The summed E-state index contributed by atoms with van der Waals surface area (Å²) in [6.07, 6.45) is 3.80. The molecular weight excluding hydrogens is 277 g/mol. The minimum atomic E-state index is -0.223. The summed E-state index contributed by atoms with van der Waals surface area (Å²) in [6.45, 7) is 0. The van der Waals surface area contributed by atoms with Gasteiger partial charge in [0, 0.05) is 36.1 Å². The van der Waals surface area contributed by atoms with E-state index in [2.05, 4.69) is 33.9 Å². The summed E-state index contributed by atoms with van der Waals surface area (Å²) in [7, 11) is 1.93. The van der Waals surface area contributed by atoms with Crippen LogP contribution in [-0.4, -0.2) is 14.3 Å². The fourth-order valence-corrected chi connectivity index (χ4v) is 2.79. The third-order valence-corrected chi connectivity index (χ3v) is 3.91. The van der Waals surface area contributed by atoms with Crippen molar-refractivity contribution in [2.45, 2.75) is 0 Å². The summed E-state index contributed by atoms with van der Waals surface area (Å²) in [5, 5.41) is 5.35. The van der Waals surface area contributed by atoms with Crippen molar-refractivity contribution in [3.8, 4) is 16.9 Å². The van der Waals surface area contributed by atoms with Gasteiger partial charge in [-0.05, 0) is 48.5 Å². The van der Waals surface area contributed by atoms with Gasteiger partial charge in [-0.15, -0.1) is 0 Å². The van der Waals surface area contributed by atoms with Gasteiger partial charge in [0.2, 0.25) is 0 Å². The first-order valence-electron chi connectivity index (χ1n) is 7.08. The number of aryl methyl sites for hydroxylation is 1. The second-order valence-electron chi connectivity index (χ2n) is 5.28. The summed E-state index contributed by atoms with van der Waals surface area (Å²) in [5.74, 6) is -0.223. The van der Waals surface area contributed by atoms with Gasteiger partial charge >= 0.3 is 0 Å². The van der Waals surface area contributed by atoms with Gasteiger partial charge in [0.05, 0.1) is 11.2 Å². The van der Waals surface area contributed by atoms with E-state index < -0.39 is 0 Å². The molecule has 0 amide bonds. The van der Waals surface area contributed by atoms with Crippen LogP contribution in [0.3, 0.4) is 0 Å². The monoisotopic (exact) mass is 291 g/mol. The molecule has 4 aromatic rings. The Bertz CT molecular complexity index is 948. The largest absolute Gasteiger partial charge is 0.317 e. The molecule has 0 atom stereocenters. The van der Waals surface area contributed by atoms with Crippen LogP contribution in [0.1, 0.15) is 0 Å². The summed E-state index contributed by atoms with van der Waals surface area (Å²) < 4.78 is 17.0. The van der Waals surface area contributed by atoms with Gasteiger partial charge in [0.1, 0.15) is 5.82 Å². The van der Waals surface area contributed by atoms with Crippen LogP contribution in [0.25, 0.3) is 27.8 Å². The van der Waals surface area contributed by atoms with Crippen molar-refractivity contribution in [3.63, 3.8) is 0 Å². The van der Waals surface area contributed by atoms with Crippen LogP contribution < -0.4 is 0 Å². The summed E-state index contributed by atoms with van der Waals surface area (Å²) >= 11 is 0. The molecule has 0 radical (unpaired) electrons. The van der Waals surface area contributed by atoms with Crippen molar-refractivity contribution >= 4 is 10.9 Å². The van der Waals surface area contributed by atoms with Crippen LogP contribution in [0.5, 0.6) is 0 Å². The average molecular weight is 291 g/mol. The number of benzene rings is 2. The third kappa shape index (κ3) is 2.00. The number of aromatic nitrogens is 3. The molecule has 0 N–H and O–H groups in total. The van der Waals surface area contributed by atoms with Crippen molar-refractivity contribution in [1.82, 2.24) is 14.3 Å². The van der Waals surface area contributed by atoms with Crippen molar-refractivity contribution in [2.24, 2.45) is 7.05 Å². The minimum absolute atomic E-state index is 0.223. The number of halogens is 1. The number of hydrogen-bond acceptors (Lipinski definition) is 1. The van der Waals surface area contributed by atoms with E-state index in [9.17, 15) is 4.39 Å². The Hall–Kier alpha value is -2.88. The SMILES string of the molecule is Cn1nccc1-c1ccc2c(ccn2-c2ccc(F)cc2)c1. The van der Waals surface area contributed by atoms with Gasteiger partial charge in [-0.25, -0.2) is 4.39 Å². The molecule has 0 bridgehead atoms. The predicted molar refractivity (Wildman–Crippen MR) is 85.4 cm³/mol. The number of fused-ring (bicyclic) bond motifs is 1. The maximum atomic E-state index is 13.1. The quantitative estimate of drug-likeness (QED) is 0.543. The fourth-order valence-electron chi connectivity index (χ4n) is 2.79. The molecule has 108 valence electrons. The van der Waals surface area contributed by atoms with Gasteiger partial charge in [0.15, 0.2) is 0 Å². The molecule has 0 spiro atoms. The van der Waals surface area contributed by atoms with E-state index in [1.807, 2.05) is 24.0 Å². The number of nitrogens with zero attached hydrogens (tertiary/aromatic N) is 3. The lowest BCUT2D eigenvalue weighted by Crippen LogP contribution is -1.94. The molecule has 0 aliphatic rings. The Morgan fingerprint density at radius 1 is 0.955 bits per heavy atom. The smallest absolute Gasteiger partial charge is 0.123 e. The van der Waals surface area contributed by atoms with Crippen LogP contribution in [0, 0.1) is 5.82 Å². The summed E-state index contributed by atoms with van der Waals surface area (Å²) in [5.41, 5.74) is 4.25. The minimum Gasteiger partial charge on any atom is -0.317 e. The fraction of sp³-hybridized carbons (Fsp3) is 0.0556. The standard InChI is InChI=1S/C18H14FN3/c1-21-17(8-10-20-21)13-2-7-18-14(12-13)9-11-22(18)16-5-3-15(19)4-6-16/h2-12H,1H3. The van der Waals surface area contributed by atoms with Crippen LogP contribution >= 0.6 is 0 Å². The van der Waals surface area contributed by atoms with E-state index in [-0.39, 0.29) is 5.82 Å². The molecule has 0 saturated heterocycles. The first-order chi connectivity index (χ1) is 10.7. The zero-order valence-electron chi connectivity index (χ0n) is 12.1. The molecule has 3 nitrogen and oxygen atoms in total. The molecule has 4 rings (SSSR count). The second-order valence-corrected chi connectivity index (χ2v) is 5.28. The normalized spacial score (nSPS) is 11.2. The molecular formula is C18H14FN3. The summed E-state index contributed by atoms with van der Waals surface area (Å²) in [4.78, 5) is 0. The predicted octanol–water partition coefficient (Wildman–Crippen LogP) is 4.17. The van der Waals surface area contributed by atoms with Gasteiger partial charge in [0.25, 0.3) is 0 Å². The lowest BCUT2D eigenvalue weighted by Gasteiger charge is -2.07. The Morgan fingerprint density at radius 3 is 2.50 bits per heavy atom. The molecule has 0 fully saturated rings. The van der Waals surface area contributed by atoms with Crippen molar-refractivity contribution in [2.75, 3.05) is 0 Å². The van der Waals surface area contributed by atoms with Crippen molar-refractivity contribution in [3.05, 3.63) is 72.8 Å². The third-order valence-electron chi connectivity index (χ3n) is 3.91. The zero-order chi connectivity index (χ0) is 15.1. The highest BCUT2D eigenvalue weighted by Gasteiger charge is 2.07. The molecule has 0 aliphatic carbocycles. The van der Waals surface area contributed by atoms with E-state index >= 15 is 0 Å². The lowest BCUT2D eigenvalue weighted by molar-refractivity contribution is 0.627. The van der Waals surface area contributed by atoms with Gasteiger partial charge in [-0.3, -0.25) is 4.68 Å². The first kappa shape index (κ1) is 12.8. The van der Waals surface area contributed by atoms with Gasteiger partial charge in [-0.1, -0.05) is 6.07 Å². The Morgan fingerprint density at radius 2 is 1.77 bits per heavy atom. The molecule has 2 heterocycles. The van der Waals surface area contributed by atoms with E-state index in [0.29, 0.717) is 0 Å². The van der Waals surface area contributed by atoms with Crippen LogP contribution in [0.15, 0.2) is 67.0 Å². The van der Waals surface area contributed by atoms with Crippen LogP contribution in [0.4, 0.5) is 4.39 Å². The van der Waals surface area contributed by atoms with Crippen molar-refractivity contribution < 1.29 is 4.39 Å². The maximum absolute atomic E-state index is 13.1. The van der Waals surface area contributed by atoms with Crippen LogP contribution in [0.2, 0.25) is 0 Å². The van der Waals surface area contributed by atoms with Gasteiger partial charge in [-0.2, -0.15) is 5.10 Å². The topological polar surface area (TPSA) is 22.8 Å². The lowest BCUT2D eigenvalue weighted by atomic mass is 10.1. The highest BCUT2D eigenvalue weighted by Crippen LogP contribution is 2.26. The van der Waals surface area contributed by atoms with E-state index in [1.54, 1.807) is 18.3 Å². The molecule has 0 saturated carbocycles. The number of hydrogen-bond donors (Lipinski definition) is 0. The highest BCUT2D eigenvalue weighted by atomic mass is 19.1. The molecule has 22 heavy (non-hydrogen) atoms. The van der Waals surface area contributed by atoms with Crippen molar-refractivity contribution in [1.29, 1.82) is 0 Å². The van der Waals surface area contributed by atoms with E-state index in [4.69, 9.17) is 0 Å². The summed E-state index contributed by atoms with van der Waals surface area (Å²) in [6, 6.07) is 16.9. The van der Waals surface area contributed by atoms with Crippen LogP contribution in [-0.2, 0) is 7.05 Å². The Labute approximate surface area is 127 Å². The molecule has 0 aliphatic heterocycles. The van der Waals surface area contributed by atoms with E-state index in [0.717, 1.165) is 27.8 Å². The first-order valence-corrected chi connectivity index (χ1v) is 7.08. The second kappa shape index (κ2) is 4.84. The molecule has 2 aromatic heterocycles. The van der Waals surface area contributed by atoms with E-state index in [1.165, 1.54) is 12.1 Å². The van der Waals surface area contributed by atoms with Gasteiger partial charge < -0.3 is 4.57 Å². The highest BCUT2D eigenvalue weighted by molar-refractivity contribution is 5.86. The molecule has 2 aromatic carbocycles. The Kier molecular flexibility index (Phi) is 2.82. The Balaban J connectivity index is 1.84. The molecule has 4 heteroatoms. The number of rotatable bonds is 2.